The number of rotatable bonds is 7. The van der Waals surface area contributed by atoms with Gasteiger partial charge in [0.2, 0.25) is 0 Å². The molecule has 0 spiro atoms. The van der Waals surface area contributed by atoms with Crippen molar-refractivity contribution in [3.63, 3.8) is 0 Å². The van der Waals surface area contributed by atoms with Gasteiger partial charge in [0.15, 0.2) is 0 Å². The minimum absolute atomic E-state index is 0.482. The molecule has 1 heteroatoms. The Hall–Kier alpha value is -1.42. The average molecular weight is 258 g/mol. The van der Waals surface area contributed by atoms with Crippen LogP contribution in [0.15, 0.2) is 12.1 Å². The SMILES string of the molecule is C#CCC(CCC)c1c(C)cc(OCCC)cc1C. The highest BCUT2D eigenvalue weighted by Crippen LogP contribution is 2.33. The topological polar surface area (TPSA) is 9.23 Å². The number of hydrogen-bond donors (Lipinski definition) is 0. The molecule has 0 aliphatic heterocycles. The van der Waals surface area contributed by atoms with Crippen molar-refractivity contribution < 1.29 is 4.74 Å². The van der Waals surface area contributed by atoms with Gasteiger partial charge in [0.05, 0.1) is 6.61 Å². The summed E-state index contributed by atoms with van der Waals surface area (Å²) in [6.07, 6.45) is 9.70. The molecule has 104 valence electrons. The van der Waals surface area contributed by atoms with Crippen LogP contribution >= 0.6 is 0 Å². The van der Waals surface area contributed by atoms with Gasteiger partial charge in [-0.2, -0.15) is 0 Å². The maximum Gasteiger partial charge on any atom is 0.119 e. The Balaban J connectivity index is 3.03. The number of hydrogen-bond acceptors (Lipinski definition) is 1. The molecule has 0 saturated carbocycles. The summed E-state index contributed by atoms with van der Waals surface area (Å²) in [7, 11) is 0. The monoisotopic (exact) mass is 258 g/mol. The zero-order valence-corrected chi connectivity index (χ0v) is 12.8. The van der Waals surface area contributed by atoms with Crippen molar-refractivity contribution >= 4 is 0 Å². The zero-order chi connectivity index (χ0) is 14.3. The van der Waals surface area contributed by atoms with Gasteiger partial charge in [-0.1, -0.05) is 20.3 Å². The first-order valence-electron chi connectivity index (χ1n) is 7.31. The summed E-state index contributed by atoms with van der Waals surface area (Å²) in [5.41, 5.74) is 4.03. The first kappa shape index (κ1) is 15.6. The van der Waals surface area contributed by atoms with E-state index in [1.54, 1.807) is 0 Å². The molecule has 19 heavy (non-hydrogen) atoms. The van der Waals surface area contributed by atoms with Crippen molar-refractivity contribution in [3.05, 3.63) is 28.8 Å². The Bertz CT molecular complexity index is 416. The molecule has 0 aromatic heterocycles. The van der Waals surface area contributed by atoms with Crippen molar-refractivity contribution in [1.82, 2.24) is 0 Å². The Labute approximate surface area is 118 Å². The largest absolute Gasteiger partial charge is 0.494 e. The van der Waals surface area contributed by atoms with Crippen LogP contribution < -0.4 is 4.74 Å². The minimum Gasteiger partial charge on any atom is -0.494 e. The maximum absolute atomic E-state index is 5.73. The molecule has 1 rings (SSSR count). The van der Waals surface area contributed by atoms with Crippen molar-refractivity contribution in [2.75, 3.05) is 6.61 Å². The lowest BCUT2D eigenvalue weighted by Gasteiger charge is -2.20. The van der Waals surface area contributed by atoms with Crippen LogP contribution in [0.2, 0.25) is 0 Å². The van der Waals surface area contributed by atoms with Crippen LogP contribution in [-0.2, 0) is 0 Å². The van der Waals surface area contributed by atoms with Crippen LogP contribution in [0, 0.1) is 26.2 Å². The van der Waals surface area contributed by atoms with E-state index in [0.29, 0.717) is 5.92 Å². The Morgan fingerprint density at radius 2 is 1.79 bits per heavy atom. The van der Waals surface area contributed by atoms with Gasteiger partial charge in [0, 0.05) is 6.42 Å². The van der Waals surface area contributed by atoms with Crippen LogP contribution in [-0.4, -0.2) is 6.61 Å². The molecule has 0 N–H and O–H groups in total. The summed E-state index contributed by atoms with van der Waals surface area (Å²) in [5, 5.41) is 0. The van der Waals surface area contributed by atoms with E-state index in [1.165, 1.54) is 23.1 Å². The second kappa shape index (κ2) is 7.89. The quantitative estimate of drug-likeness (QED) is 0.625. The van der Waals surface area contributed by atoms with Gasteiger partial charge in [-0.25, -0.2) is 0 Å². The van der Waals surface area contributed by atoms with E-state index in [0.717, 1.165) is 31.6 Å². The molecule has 0 heterocycles. The summed E-state index contributed by atoms with van der Waals surface area (Å²) in [6.45, 7) is 9.45. The third kappa shape index (κ3) is 4.31. The first-order valence-corrected chi connectivity index (χ1v) is 7.31. The van der Waals surface area contributed by atoms with Crippen LogP contribution in [0.1, 0.15) is 62.1 Å². The summed E-state index contributed by atoms with van der Waals surface area (Å²) in [6, 6.07) is 4.30. The van der Waals surface area contributed by atoms with Crippen LogP contribution in [0.5, 0.6) is 5.75 Å². The van der Waals surface area contributed by atoms with E-state index in [2.05, 4.69) is 45.7 Å². The molecule has 0 radical (unpaired) electrons. The van der Waals surface area contributed by atoms with E-state index in [9.17, 15) is 0 Å². The van der Waals surface area contributed by atoms with E-state index in [4.69, 9.17) is 11.2 Å². The molecular weight excluding hydrogens is 232 g/mol. The normalized spacial score (nSPS) is 11.9. The summed E-state index contributed by atoms with van der Waals surface area (Å²) in [5.74, 6) is 4.29. The van der Waals surface area contributed by atoms with Crippen molar-refractivity contribution in [2.24, 2.45) is 0 Å². The number of aryl methyl sites for hydroxylation is 2. The standard InChI is InChI=1S/C18H26O/c1-6-9-16(10-7-2)18-14(4)12-17(13-15(18)5)19-11-8-3/h1,12-13,16H,7-11H2,2-5H3. The van der Waals surface area contributed by atoms with Gasteiger partial charge < -0.3 is 4.74 Å². The van der Waals surface area contributed by atoms with E-state index in [-0.39, 0.29) is 0 Å². The van der Waals surface area contributed by atoms with Gasteiger partial charge in [0.25, 0.3) is 0 Å². The highest BCUT2D eigenvalue weighted by atomic mass is 16.5. The van der Waals surface area contributed by atoms with Crippen LogP contribution in [0.25, 0.3) is 0 Å². The average Bonchev–Trinajstić information content (AvgIpc) is 2.36. The van der Waals surface area contributed by atoms with Gasteiger partial charge in [-0.05, 0) is 61.4 Å². The van der Waals surface area contributed by atoms with Crippen LogP contribution in [0.4, 0.5) is 0 Å². The van der Waals surface area contributed by atoms with Gasteiger partial charge in [-0.3, -0.25) is 0 Å². The second-order valence-corrected chi connectivity index (χ2v) is 5.21. The summed E-state index contributed by atoms with van der Waals surface area (Å²) < 4.78 is 5.73. The van der Waals surface area contributed by atoms with Crippen LogP contribution in [0.3, 0.4) is 0 Å². The molecular formula is C18H26O. The number of ether oxygens (including phenoxy) is 1. The number of terminal acetylenes is 1. The lowest BCUT2D eigenvalue weighted by Crippen LogP contribution is -2.05. The minimum atomic E-state index is 0.482. The molecule has 1 unspecified atom stereocenters. The molecule has 0 aliphatic carbocycles. The van der Waals surface area contributed by atoms with Crippen molar-refractivity contribution in [1.29, 1.82) is 0 Å². The molecule has 0 amide bonds. The fourth-order valence-electron chi connectivity index (χ4n) is 2.72. The second-order valence-electron chi connectivity index (χ2n) is 5.21. The van der Waals surface area contributed by atoms with Gasteiger partial charge >= 0.3 is 0 Å². The third-order valence-electron chi connectivity index (χ3n) is 3.45. The summed E-state index contributed by atoms with van der Waals surface area (Å²) in [4.78, 5) is 0. The predicted molar refractivity (Wildman–Crippen MR) is 82.8 cm³/mol. The fourth-order valence-corrected chi connectivity index (χ4v) is 2.72. The van der Waals surface area contributed by atoms with Gasteiger partial charge in [-0.15, -0.1) is 12.3 Å². The molecule has 1 atom stereocenters. The molecule has 0 bridgehead atoms. The molecule has 1 nitrogen and oxygen atoms in total. The highest BCUT2D eigenvalue weighted by Gasteiger charge is 2.15. The van der Waals surface area contributed by atoms with E-state index in [1.807, 2.05) is 0 Å². The molecule has 0 aliphatic rings. The fraction of sp³-hybridized carbons (Fsp3) is 0.556. The Kier molecular flexibility index (Phi) is 6.50. The van der Waals surface area contributed by atoms with E-state index >= 15 is 0 Å². The van der Waals surface area contributed by atoms with Crippen molar-refractivity contribution in [2.45, 2.75) is 59.3 Å². The smallest absolute Gasteiger partial charge is 0.119 e. The predicted octanol–water partition coefficient (Wildman–Crippen LogP) is 5.00. The lowest BCUT2D eigenvalue weighted by molar-refractivity contribution is 0.317. The Morgan fingerprint density at radius 3 is 2.26 bits per heavy atom. The first-order chi connectivity index (χ1) is 9.13. The lowest BCUT2D eigenvalue weighted by atomic mass is 9.85. The third-order valence-corrected chi connectivity index (χ3v) is 3.45. The molecule has 0 saturated heterocycles. The van der Waals surface area contributed by atoms with Gasteiger partial charge in [0.1, 0.15) is 5.75 Å². The highest BCUT2D eigenvalue weighted by molar-refractivity contribution is 5.43. The molecule has 1 aromatic carbocycles. The molecule has 1 aromatic rings. The van der Waals surface area contributed by atoms with Crippen molar-refractivity contribution in [3.8, 4) is 18.1 Å². The Morgan fingerprint density at radius 1 is 1.16 bits per heavy atom. The maximum atomic E-state index is 5.73. The summed E-state index contributed by atoms with van der Waals surface area (Å²) >= 11 is 0. The molecule has 0 fully saturated rings. The number of benzene rings is 1. The van der Waals surface area contributed by atoms with E-state index < -0.39 is 0 Å². The zero-order valence-electron chi connectivity index (χ0n) is 12.8.